The molecule has 4 rings (SSSR count). The molecule has 1 saturated heterocycles. The largest absolute Gasteiger partial charge is 0.423 e. The van der Waals surface area contributed by atoms with Crippen molar-refractivity contribution in [1.82, 2.24) is 20.3 Å². The van der Waals surface area contributed by atoms with Crippen LogP contribution in [-0.4, -0.2) is 45.3 Å². The third kappa shape index (κ3) is 4.42. The Morgan fingerprint density at radius 2 is 2.00 bits per heavy atom. The first-order valence-electron chi connectivity index (χ1n) is 9.25. The summed E-state index contributed by atoms with van der Waals surface area (Å²) in [5.74, 6) is 1.15. The molecule has 1 fully saturated rings. The second-order valence-electron chi connectivity index (χ2n) is 6.83. The van der Waals surface area contributed by atoms with Crippen LogP contribution in [0.5, 0.6) is 0 Å². The average molecular weight is 396 g/mol. The van der Waals surface area contributed by atoms with Crippen LogP contribution in [-0.2, 0) is 4.79 Å². The number of carbonyl (C=O) groups is 2. The van der Waals surface area contributed by atoms with Gasteiger partial charge in [-0.25, -0.2) is 4.79 Å². The second kappa shape index (κ2) is 8.13. The number of nitrogens with zero attached hydrogens (tertiary/aromatic N) is 4. The Balaban J connectivity index is 1.30. The zero-order valence-electron chi connectivity index (χ0n) is 15.8. The lowest BCUT2D eigenvalue weighted by Gasteiger charge is -2.31. The summed E-state index contributed by atoms with van der Waals surface area (Å²) < 4.78 is 10.1. The first kappa shape index (κ1) is 18.7. The highest BCUT2D eigenvalue weighted by Gasteiger charge is 2.28. The van der Waals surface area contributed by atoms with Gasteiger partial charge in [-0.1, -0.05) is 11.2 Å². The Morgan fingerprint density at radius 3 is 2.69 bits per heavy atom. The third-order valence-electron chi connectivity index (χ3n) is 4.75. The van der Waals surface area contributed by atoms with Crippen molar-refractivity contribution >= 4 is 23.4 Å². The maximum absolute atomic E-state index is 12.6. The number of aromatic nitrogens is 3. The van der Waals surface area contributed by atoms with Gasteiger partial charge in [-0.15, -0.1) is 10.2 Å². The number of carbonyl (C=O) groups excluding carboxylic acids is 2. The molecule has 0 spiro atoms. The van der Waals surface area contributed by atoms with Crippen LogP contribution < -0.4 is 10.6 Å². The average Bonchev–Trinajstić information content (AvgIpc) is 3.40. The molecule has 3 aromatic rings. The third-order valence-corrected chi connectivity index (χ3v) is 4.75. The van der Waals surface area contributed by atoms with Crippen molar-refractivity contribution in [3.05, 3.63) is 42.5 Å². The standard InChI is InChI=1S/C19H20N6O4/c1-12-9-16(24-29-12)22-17(26)13-5-7-25(8-6-13)19(27)21-15-4-2-3-14(10-15)18-23-20-11-28-18/h2-4,9-11,13H,5-8H2,1H3,(H,21,27)(H,22,24,26). The Labute approximate surface area is 166 Å². The molecule has 0 atom stereocenters. The van der Waals surface area contributed by atoms with Crippen molar-refractivity contribution < 1.29 is 18.5 Å². The number of anilines is 2. The van der Waals surface area contributed by atoms with Crippen LogP contribution >= 0.6 is 0 Å². The molecule has 1 aromatic carbocycles. The molecule has 10 heteroatoms. The van der Waals surface area contributed by atoms with Crippen molar-refractivity contribution in [2.45, 2.75) is 19.8 Å². The number of piperidine rings is 1. The van der Waals surface area contributed by atoms with Gasteiger partial charge in [-0.2, -0.15) is 0 Å². The first-order valence-corrected chi connectivity index (χ1v) is 9.25. The topological polar surface area (TPSA) is 126 Å². The highest BCUT2D eigenvalue weighted by Crippen LogP contribution is 2.23. The molecule has 0 unspecified atom stereocenters. The van der Waals surface area contributed by atoms with Crippen LogP contribution in [0.4, 0.5) is 16.3 Å². The van der Waals surface area contributed by atoms with Crippen molar-refractivity contribution in [2.75, 3.05) is 23.7 Å². The molecule has 3 amide bonds. The molecular weight excluding hydrogens is 376 g/mol. The van der Waals surface area contributed by atoms with E-state index >= 15 is 0 Å². The summed E-state index contributed by atoms with van der Waals surface area (Å²) in [4.78, 5) is 26.6. The summed E-state index contributed by atoms with van der Waals surface area (Å²) in [6, 6.07) is 8.64. The lowest BCUT2D eigenvalue weighted by Crippen LogP contribution is -2.43. The van der Waals surface area contributed by atoms with Crippen LogP contribution in [0.3, 0.4) is 0 Å². The number of aryl methyl sites for hydroxylation is 1. The molecule has 0 radical (unpaired) electrons. The highest BCUT2D eigenvalue weighted by atomic mass is 16.5. The van der Waals surface area contributed by atoms with Crippen LogP contribution in [0.25, 0.3) is 11.5 Å². The quantitative estimate of drug-likeness (QED) is 0.694. The zero-order valence-corrected chi connectivity index (χ0v) is 15.8. The molecule has 1 aliphatic rings. The van der Waals surface area contributed by atoms with Gasteiger partial charge < -0.3 is 24.5 Å². The van der Waals surface area contributed by atoms with Gasteiger partial charge in [-0.3, -0.25) is 4.79 Å². The van der Waals surface area contributed by atoms with E-state index in [0.717, 1.165) is 5.56 Å². The Bertz CT molecular complexity index is 992. The number of amides is 3. The summed E-state index contributed by atoms with van der Waals surface area (Å²) >= 11 is 0. The highest BCUT2D eigenvalue weighted by molar-refractivity contribution is 5.92. The van der Waals surface area contributed by atoms with E-state index in [1.165, 1.54) is 6.39 Å². The van der Waals surface area contributed by atoms with E-state index in [1.54, 1.807) is 36.1 Å². The SMILES string of the molecule is Cc1cc(NC(=O)C2CCN(C(=O)Nc3cccc(-c4nnco4)c3)CC2)no1. The predicted octanol–water partition coefficient (Wildman–Crippen LogP) is 2.92. The molecule has 150 valence electrons. The van der Waals surface area contributed by atoms with Gasteiger partial charge in [0.15, 0.2) is 5.82 Å². The van der Waals surface area contributed by atoms with E-state index in [-0.39, 0.29) is 17.9 Å². The molecule has 1 aliphatic heterocycles. The molecule has 0 bridgehead atoms. The molecule has 3 heterocycles. The lowest BCUT2D eigenvalue weighted by molar-refractivity contribution is -0.121. The van der Waals surface area contributed by atoms with E-state index < -0.39 is 0 Å². The van der Waals surface area contributed by atoms with Crippen LogP contribution in [0.2, 0.25) is 0 Å². The number of hydrogen-bond acceptors (Lipinski definition) is 7. The van der Waals surface area contributed by atoms with E-state index in [0.29, 0.717) is 49.1 Å². The van der Waals surface area contributed by atoms with Crippen molar-refractivity contribution in [2.24, 2.45) is 5.92 Å². The summed E-state index contributed by atoms with van der Waals surface area (Å²) in [5.41, 5.74) is 1.35. The van der Waals surface area contributed by atoms with Gasteiger partial charge in [0.25, 0.3) is 0 Å². The minimum atomic E-state index is -0.210. The van der Waals surface area contributed by atoms with Crippen LogP contribution in [0.15, 0.2) is 45.7 Å². The number of benzene rings is 1. The molecule has 0 saturated carbocycles. The number of rotatable bonds is 4. The van der Waals surface area contributed by atoms with E-state index in [9.17, 15) is 9.59 Å². The smallest absolute Gasteiger partial charge is 0.321 e. The molecule has 10 nitrogen and oxygen atoms in total. The van der Waals surface area contributed by atoms with Gasteiger partial charge in [0.1, 0.15) is 5.76 Å². The Kier molecular flexibility index (Phi) is 5.23. The van der Waals surface area contributed by atoms with Crippen LogP contribution in [0.1, 0.15) is 18.6 Å². The van der Waals surface area contributed by atoms with Gasteiger partial charge in [-0.05, 0) is 38.0 Å². The van der Waals surface area contributed by atoms with E-state index in [4.69, 9.17) is 8.94 Å². The van der Waals surface area contributed by atoms with Crippen molar-refractivity contribution in [3.8, 4) is 11.5 Å². The number of likely N-dealkylation sites (tertiary alicyclic amines) is 1. The lowest BCUT2D eigenvalue weighted by atomic mass is 9.96. The number of hydrogen-bond donors (Lipinski definition) is 2. The molecule has 2 aromatic heterocycles. The fraction of sp³-hybridized carbons (Fsp3) is 0.316. The van der Waals surface area contributed by atoms with Gasteiger partial charge in [0.05, 0.1) is 0 Å². The number of urea groups is 1. The van der Waals surface area contributed by atoms with Crippen molar-refractivity contribution in [3.63, 3.8) is 0 Å². The fourth-order valence-corrected chi connectivity index (χ4v) is 3.23. The summed E-state index contributed by atoms with van der Waals surface area (Å²) in [5, 5.41) is 16.9. The monoisotopic (exact) mass is 396 g/mol. The van der Waals surface area contributed by atoms with Crippen LogP contribution in [0, 0.1) is 12.8 Å². The van der Waals surface area contributed by atoms with Gasteiger partial charge >= 0.3 is 6.03 Å². The van der Waals surface area contributed by atoms with E-state index in [1.807, 2.05) is 6.07 Å². The normalized spacial score (nSPS) is 14.6. The molecule has 2 N–H and O–H groups in total. The zero-order chi connectivity index (χ0) is 20.2. The number of nitrogens with one attached hydrogen (secondary N) is 2. The van der Waals surface area contributed by atoms with E-state index in [2.05, 4.69) is 26.0 Å². The molecule has 29 heavy (non-hydrogen) atoms. The van der Waals surface area contributed by atoms with Crippen molar-refractivity contribution in [1.29, 1.82) is 0 Å². The predicted molar refractivity (Wildman–Crippen MR) is 103 cm³/mol. The Morgan fingerprint density at radius 1 is 1.17 bits per heavy atom. The summed E-state index contributed by atoms with van der Waals surface area (Å²) in [7, 11) is 0. The Hall–Kier alpha value is -3.69. The molecule has 0 aliphatic carbocycles. The first-order chi connectivity index (χ1) is 14.1. The second-order valence-corrected chi connectivity index (χ2v) is 6.83. The molecular formula is C19H20N6O4. The minimum Gasteiger partial charge on any atom is -0.423 e. The van der Waals surface area contributed by atoms with Gasteiger partial charge in [0, 0.05) is 36.3 Å². The maximum atomic E-state index is 12.6. The summed E-state index contributed by atoms with van der Waals surface area (Å²) in [6.45, 7) is 2.74. The maximum Gasteiger partial charge on any atom is 0.321 e. The minimum absolute atomic E-state index is 0.106. The fourth-order valence-electron chi connectivity index (χ4n) is 3.23. The summed E-state index contributed by atoms with van der Waals surface area (Å²) in [6.07, 6.45) is 2.42. The van der Waals surface area contributed by atoms with Gasteiger partial charge in [0.2, 0.25) is 18.2 Å².